The normalized spacial score (nSPS) is 21.6. The molecule has 3 aromatic rings. The van der Waals surface area contributed by atoms with Gasteiger partial charge >= 0.3 is 0 Å². The molecule has 3 aromatic heterocycles. The minimum Gasteiger partial charge on any atom is -0.394 e. The molecule has 0 saturated carbocycles. The largest absolute Gasteiger partial charge is 0.394 e. The number of aliphatic hydroxyl groups excluding tert-OH is 4. The first kappa shape index (κ1) is 39.6. The number of rotatable bonds is 11. The summed E-state index contributed by atoms with van der Waals surface area (Å²) in [6.07, 6.45) is -0.811. The summed E-state index contributed by atoms with van der Waals surface area (Å²) < 4.78 is 5.60. The lowest BCUT2D eigenvalue weighted by Gasteiger charge is -2.39. The number of amides is 1. The Morgan fingerprint density at radius 3 is 2.24 bits per heavy atom. The molecule has 6 N–H and O–H groups in total. The van der Waals surface area contributed by atoms with Gasteiger partial charge in [-0.2, -0.15) is 0 Å². The van der Waals surface area contributed by atoms with Gasteiger partial charge < -0.3 is 40.0 Å². The van der Waals surface area contributed by atoms with Gasteiger partial charge in [0, 0.05) is 47.6 Å². The number of nitrogens with zero attached hydrogens (tertiary/aromatic N) is 3. The van der Waals surface area contributed by atoms with Crippen molar-refractivity contribution in [1.82, 2.24) is 24.8 Å². The minimum absolute atomic E-state index is 0.00740. The highest BCUT2D eigenvalue weighted by atomic mass is 32.2. The highest BCUT2D eigenvalue weighted by molar-refractivity contribution is 7.99. The smallest absolute Gasteiger partial charge is 0.222 e. The number of aryl methyl sites for hydroxylation is 3. The molecule has 1 fully saturated rings. The van der Waals surface area contributed by atoms with Gasteiger partial charge in [-0.25, -0.2) is 9.97 Å². The number of allylic oxidation sites excluding steroid dienone is 4. The third kappa shape index (κ3) is 7.60. The van der Waals surface area contributed by atoms with E-state index in [2.05, 4.69) is 82.4 Å². The monoisotopic (exact) mass is 755 g/mol. The lowest BCUT2D eigenvalue weighted by molar-refractivity contribution is -0.205. The topological polar surface area (TPSA) is 168 Å². The summed E-state index contributed by atoms with van der Waals surface area (Å²) in [7, 11) is 1.79. The summed E-state index contributed by atoms with van der Waals surface area (Å²) in [4.78, 5) is 32.8. The molecule has 0 aromatic carbocycles. The van der Waals surface area contributed by atoms with E-state index in [9.17, 15) is 25.2 Å². The van der Waals surface area contributed by atoms with Gasteiger partial charge in [-0.05, 0) is 123 Å². The first-order chi connectivity index (χ1) is 25.8. The third-order valence-corrected chi connectivity index (χ3v) is 12.4. The molecule has 1 saturated heterocycles. The zero-order valence-corrected chi connectivity index (χ0v) is 33.1. The molecule has 5 atom stereocenters. The van der Waals surface area contributed by atoms with Crippen LogP contribution in [0.25, 0.3) is 50.4 Å². The number of thioether (sulfide) groups is 1. The standard InChI is InChI=1S/C42H53N5O6S/c1-9-26-23(5)32-19-35-27(10-2)22(4)31(44-35)18-33-24(6)28(38(46-33)25(7)30-16-21(3)29(43-30)17-34(26)45-32)12-13-37(49)47(8)14-11-15-54-42-41(52)40(51)39(50)36(20-48)53-42/h10,16-19,36,39-44,48,50-52H,2,9,11-15,20H2,1,3-8H3/t36-,39-,40+,41+,42+/m1/s1. The van der Waals surface area contributed by atoms with Crippen LogP contribution in [0.4, 0.5) is 0 Å². The molecule has 0 radical (unpaired) electrons. The predicted molar refractivity (Wildman–Crippen MR) is 218 cm³/mol. The van der Waals surface area contributed by atoms with E-state index >= 15 is 0 Å². The average molecular weight is 756 g/mol. The van der Waals surface area contributed by atoms with E-state index in [1.807, 2.05) is 6.08 Å². The van der Waals surface area contributed by atoms with E-state index in [1.165, 1.54) is 22.9 Å². The van der Waals surface area contributed by atoms with Crippen molar-refractivity contribution in [2.45, 2.75) is 97.1 Å². The number of aromatic amines is 2. The van der Waals surface area contributed by atoms with Crippen molar-refractivity contribution in [2.24, 2.45) is 0 Å². The summed E-state index contributed by atoms with van der Waals surface area (Å²) in [6, 6.07) is 8.50. The molecule has 0 spiro atoms. The van der Waals surface area contributed by atoms with Crippen LogP contribution in [0.15, 0.2) is 30.8 Å². The number of ether oxygens (including phenoxy) is 1. The zero-order chi connectivity index (χ0) is 39.0. The van der Waals surface area contributed by atoms with E-state index < -0.39 is 36.5 Å². The highest BCUT2D eigenvalue weighted by Crippen LogP contribution is 2.38. The Hall–Kier alpha value is -4.04. The number of nitrogens with one attached hydrogen (secondary N) is 2. The quantitative estimate of drug-likeness (QED) is 0.123. The molecule has 12 heteroatoms. The van der Waals surface area contributed by atoms with E-state index in [-0.39, 0.29) is 5.91 Å². The van der Waals surface area contributed by atoms with Crippen molar-refractivity contribution >= 4 is 68.1 Å². The van der Waals surface area contributed by atoms with Crippen molar-refractivity contribution in [2.75, 3.05) is 26.0 Å². The Morgan fingerprint density at radius 1 is 0.889 bits per heavy atom. The third-order valence-electron chi connectivity index (χ3n) is 11.1. The molecule has 1 amide bonds. The predicted octanol–water partition coefficient (Wildman–Crippen LogP) is 6.32. The minimum atomic E-state index is -1.40. The zero-order valence-electron chi connectivity index (χ0n) is 32.3. The molecule has 6 heterocycles. The number of hydrogen-bond acceptors (Lipinski definition) is 9. The van der Waals surface area contributed by atoms with E-state index in [0.717, 1.165) is 84.7 Å². The number of aromatic nitrogens is 4. The Labute approximate surface area is 320 Å². The second-order valence-electron chi connectivity index (χ2n) is 14.6. The molecule has 11 nitrogen and oxygen atoms in total. The first-order valence-electron chi connectivity index (χ1n) is 18.7. The van der Waals surface area contributed by atoms with Crippen LogP contribution in [0.2, 0.25) is 0 Å². The lowest BCUT2D eigenvalue weighted by Crippen LogP contribution is -2.57. The van der Waals surface area contributed by atoms with Gasteiger partial charge in [-0.15, -0.1) is 11.8 Å². The Bertz CT molecular complexity index is 2180. The molecule has 0 unspecified atom stereocenters. The van der Waals surface area contributed by atoms with Crippen LogP contribution >= 0.6 is 11.8 Å². The van der Waals surface area contributed by atoms with E-state index in [4.69, 9.17) is 14.7 Å². The van der Waals surface area contributed by atoms with Crippen LogP contribution in [0.5, 0.6) is 0 Å². The summed E-state index contributed by atoms with van der Waals surface area (Å²) in [5.41, 5.74) is 15.3. The van der Waals surface area contributed by atoms with Crippen LogP contribution in [0.1, 0.15) is 91.5 Å². The fraction of sp³-hybridized carbons (Fsp3) is 0.452. The van der Waals surface area contributed by atoms with Gasteiger partial charge in [0.15, 0.2) is 0 Å². The first-order valence-corrected chi connectivity index (χ1v) is 19.7. The van der Waals surface area contributed by atoms with Crippen LogP contribution in [0, 0.1) is 20.8 Å². The molecular weight excluding hydrogens is 703 g/mol. The van der Waals surface area contributed by atoms with Crippen LogP contribution in [-0.4, -0.2) is 107 Å². The van der Waals surface area contributed by atoms with Crippen LogP contribution in [0.3, 0.4) is 0 Å². The molecule has 0 aliphatic carbocycles. The summed E-state index contributed by atoms with van der Waals surface area (Å²) in [5, 5.41) is 40.0. The van der Waals surface area contributed by atoms with Gasteiger partial charge in [-0.3, -0.25) is 4.79 Å². The second kappa shape index (κ2) is 16.4. The van der Waals surface area contributed by atoms with Gasteiger partial charge in [-0.1, -0.05) is 19.6 Å². The number of fused-ring (bicyclic) bond motifs is 8. The van der Waals surface area contributed by atoms with Gasteiger partial charge in [0.1, 0.15) is 29.9 Å². The van der Waals surface area contributed by atoms with Crippen LogP contribution in [-0.2, 0) is 9.53 Å². The van der Waals surface area contributed by atoms with Gasteiger partial charge in [0.25, 0.3) is 0 Å². The summed E-state index contributed by atoms with van der Waals surface area (Å²) in [6.45, 7) is 16.8. The number of carbonyl (C=O) groups excluding carboxylic acids is 1. The van der Waals surface area contributed by atoms with Crippen molar-refractivity contribution < 1.29 is 30.0 Å². The maximum absolute atomic E-state index is 13.5. The van der Waals surface area contributed by atoms with Crippen molar-refractivity contribution in [3.63, 3.8) is 0 Å². The lowest BCUT2D eigenvalue weighted by atomic mass is 9.98. The maximum atomic E-state index is 13.5. The van der Waals surface area contributed by atoms with Crippen LogP contribution < -0.4 is 0 Å². The van der Waals surface area contributed by atoms with E-state index in [1.54, 1.807) is 11.9 Å². The summed E-state index contributed by atoms with van der Waals surface area (Å²) >= 11 is 1.29. The van der Waals surface area contributed by atoms with Gasteiger partial charge in [0.05, 0.1) is 29.4 Å². The second-order valence-corrected chi connectivity index (χ2v) is 15.8. The number of carbonyl (C=O) groups is 1. The van der Waals surface area contributed by atoms with Gasteiger partial charge in [0.2, 0.25) is 5.91 Å². The van der Waals surface area contributed by atoms with Crippen molar-refractivity contribution in [1.29, 1.82) is 0 Å². The fourth-order valence-corrected chi connectivity index (χ4v) is 8.69. The molecular formula is C42H53N5O6S. The average Bonchev–Trinajstić information content (AvgIpc) is 3.86. The number of H-pyrrole nitrogens is 2. The molecule has 6 rings (SSSR count). The number of hydrogen-bond donors (Lipinski definition) is 6. The molecule has 288 valence electrons. The Morgan fingerprint density at radius 2 is 1.54 bits per heavy atom. The molecule has 54 heavy (non-hydrogen) atoms. The van der Waals surface area contributed by atoms with Crippen molar-refractivity contribution in [3.8, 4) is 0 Å². The van der Waals surface area contributed by atoms with Crippen molar-refractivity contribution in [3.05, 3.63) is 75.9 Å². The molecule has 8 bridgehead atoms. The number of aliphatic hydroxyl groups is 4. The summed E-state index contributed by atoms with van der Waals surface area (Å²) in [5.74, 6) is 0.555. The van der Waals surface area contributed by atoms with E-state index in [0.29, 0.717) is 31.6 Å². The Kier molecular flexibility index (Phi) is 12.0. The molecule has 3 aliphatic rings. The maximum Gasteiger partial charge on any atom is 0.222 e. The highest BCUT2D eigenvalue weighted by Gasteiger charge is 2.43. The fourth-order valence-electron chi connectivity index (χ4n) is 7.59. The Balaban J connectivity index is 1.29. The SMILES string of the molecule is C=Cc1c(C)c2cc3nc(c(C)c4cc(C)c(cc5nc(cc1[nH]2)C(C)=C5CC)[nH]4)C(CCC(=O)N(C)CCCS[C@@H]1O[C@H](CO)[C@@H](O)[C@H](O)[C@@H]1O)=C3C. The molecule has 3 aliphatic heterocycles.